The van der Waals surface area contributed by atoms with Gasteiger partial charge < -0.3 is 14.7 Å². The molecule has 2 saturated heterocycles. The Morgan fingerprint density at radius 1 is 1.09 bits per heavy atom. The number of aliphatic hydroxyl groups is 1. The van der Waals surface area contributed by atoms with Gasteiger partial charge in [-0.15, -0.1) is 0 Å². The van der Waals surface area contributed by atoms with Gasteiger partial charge in [-0.2, -0.15) is 0 Å². The van der Waals surface area contributed by atoms with Gasteiger partial charge >= 0.3 is 0 Å². The van der Waals surface area contributed by atoms with E-state index in [4.69, 9.17) is 4.74 Å². The first-order valence-corrected chi connectivity index (χ1v) is 11.0. The van der Waals surface area contributed by atoms with Crippen molar-refractivity contribution in [3.05, 3.63) is 81.2 Å². The molecule has 2 aliphatic heterocycles. The van der Waals surface area contributed by atoms with Gasteiger partial charge in [-0.05, 0) is 36.8 Å². The van der Waals surface area contributed by atoms with Crippen molar-refractivity contribution in [3.8, 4) is 0 Å². The average molecular weight is 469 g/mol. The van der Waals surface area contributed by atoms with Crippen LogP contribution in [0.4, 0.5) is 10.1 Å². The molecule has 10 heteroatoms. The van der Waals surface area contributed by atoms with Gasteiger partial charge in [-0.1, -0.05) is 12.1 Å². The number of benzene rings is 2. The van der Waals surface area contributed by atoms with Crippen molar-refractivity contribution in [1.82, 2.24) is 9.80 Å². The summed E-state index contributed by atoms with van der Waals surface area (Å²) in [6.07, 6.45) is 0.529. The van der Waals surface area contributed by atoms with Crippen LogP contribution >= 0.6 is 0 Å². The molecular formula is C24H24FN3O6. The average Bonchev–Trinajstić information content (AvgIpc) is 3.09. The number of amides is 1. The molecule has 0 radical (unpaired) electrons. The van der Waals surface area contributed by atoms with Crippen LogP contribution in [0, 0.1) is 15.9 Å². The van der Waals surface area contributed by atoms with Crippen molar-refractivity contribution in [2.45, 2.75) is 12.5 Å². The van der Waals surface area contributed by atoms with E-state index in [9.17, 15) is 29.2 Å². The largest absolute Gasteiger partial charge is 0.507 e. The lowest BCUT2D eigenvalue weighted by Crippen LogP contribution is -2.39. The highest BCUT2D eigenvalue weighted by atomic mass is 19.1. The highest BCUT2D eigenvalue weighted by Crippen LogP contribution is 2.42. The second kappa shape index (κ2) is 10.1. The summed E-state index contributed by atoms with van der Waals surface area (Å²) in [6, 6.07) is 9.50. The molecule has 2 aromatic carbocycles. The highest BCUT2D eigenvalue weighted by molar-refractivity contribution is 6.46. The number of carbonyl (C=O) groups excluding carboxylic acids is 2. The number of ketones is 1. The van der Waals surface area contributed by atoms with Gasteiger partial charge in [0, 0.05) is 37.8 Å². The zero-order chi connectivity index (χ0) is 24.2. The molecule has 178 valence electrons. The molecular weight excluding hydrogens is 445 g/mol. The van der Waals surface area contributed by atoms with Crippen LogP contribution in [0.5, 0.6) is 0 Å². The van der Waals surface area contributed by atoms with Crippen LogP contribution in [-0.4, -0.2) is 70.9 Å². The Morgan fingerprint density at radius 3 is 2.44 bits per heavy atom. The van der Waals surface area contributed by atoms with E-state index < -0.39 is 34.2 Å². The Hall–Kier alpha value is -3.63. The fraction of sp³-hybridized carbons (Fsp3) is 0.333. The Morgan fingerprint density at radius 2 is 1.76 bits per heavy atom. The minimum atomic E-state index is -1.14. The number of Topliss-reactive ketones (excluding diaryl/α,β-unsaturated/α-hetero) is 1. The van der Waals surface area contributed by atoms with Gasteiger partial charge in [0.05, 0.1) is 35.3 Å². The summed E-state index contributed by atoms with van der Waals surface area (Å²) >= 11 is 0. The second-order valence-corrected chi connectivity index (χ2v) is 8.12. The number of para-hydroxylation sites is 1. The molecule has 0 spiro atoms. The Kier molecular flexibility index (Phi) is 6.99. The first-order chi connectivity index (χ1) is 16.4. The molecule has 0 unspecified atom stereocenters. The number of hydrogen-bond donors (Lipinski definition) is 1. The molecule has 0 saturated carbocycles. The minimum Gasteiger partial charge on any atom is -0.507 e. The second-order valence-electron chi connectivity index (χ2n) is 8.12. The molecule has 0 bridgehead atoms. The summed E-state index contributed by atoms with van der Waals surface area (Å²) in [4.78, 5) is 40.7. The summed E-state index contributed by atoms with van der Waals surface area (Å²) in [5.74, 6) is -2.81. The summed E-state index contributed by atoms with van der Waals surface area (Å²) in [7, 11) is 0. The molecule has 1 atom stereocenters. The molecule has 2 aromatic rings. The predicted octanol–water partition coefficient (Wildman–Crippen LogP) is 2.88. The van der Waals surface area contributed by atoms with Gasteiger partial charge in [0.25, 0.3) is 17.4 Å². The SMILES string of the molecule is O=C1C(=O)N(CCCN2CCOCC2)[C@@H](c2ccccc2[N+](=O)[O-])C1=C(O)c1ccc(F)cc1. The van der Waals surface area contributed by atoms with Gasteiger partial charge in [-0.3, -0.25) is 24.6 Å². The minimum absolute atomic E-state index is 0.127. The van der Waals surface area contributed by atoms with Crippen LogP contribution < -0.4 is 0 Å². The molecule has 1 N–H and O–H groups in total. The van der Waals surface area contributed by atoms with Crippen molar-refractivity contribution in [2.24, 2.45) is 0 Å². The molecule has 4 rings (SSSR count). The van der Waals surface area contributed by atoms with E-state index in [-0.39, 0.29) is 28.9 Å². The van der Waals surface area contributed by atoms with Crippen LogP contribution in [0.1, 0.15) is 23.6 Å². The van der Waals surface area contributed by atoms with Crippen molar-refractivity contribution in [1.29, 1.82) is 0 Å². The van der Waals surface area contributed by atoms with E-state index in [1.165, 1.54) is 35.2 Å². The fourth-order valence-electron chi connectivity index (χ4n) is 4.37. The smallest absolute Gasteiger partial charge is 0.295 e. The lowest BCUT2D eigenvalue weighted by molar-refractivity contribution is -0.385. The Labute approximate surface area is 195 Å². The maximum atomic E-state index is 13.4. The van der Waals surface area contributed by atoms with Gasteiger partial charge in [0.2, 0.25) is 0 Å². The van der Waals surface area contributed by atoms with Gasteiger partial charge in [0.1, 0.15) is 11.6 Å². The highest BCUT2D eigenvalue weighted by Gasteiger charge is 2.47. The number of nitrogens with zero attached hydrogens (tertiary/aromatic N) is 3. The third-order valence-electron chi connectivity index (χ3n) is 6.06. The van der Waals surface area contributed by atoms with Crippen LogP contribution in [0.3, 0.4) is 0 Å². The topological polar surface area (TPSA) is 113 Å². The number of halogens is 1. The number of nitro benzene ring substituents is 1. The van der Waals surface area contributed by atoms with E-state index >= 15 is 0 Å². The Balaban J connectivity index is 1.73. The van der Waals surface area contributed by atoms with Crippen molar-refractivity contribution >= 4 is 23.1 Å². The molecule has 2 heterocycles. The normalized spacial score (nSPS) is 20.6. The van der Waals surface area contributed by atoms with Gasteiger partial charge in [0.15, 0.2) is 0 Å². The first kappa shape index (κ1) is 23.5. The number of rotatable bonds is 7. The standard InChI is InChI=1S/C24H24FN3O6/c25-17-8-6-16(7-9-17)22(29)20-21(18-4-1-2-5-19(18)28(32)33)27(24(31)23(20)30)11-3-10-26-12-14-34-15-13-26/h1-2,4-9,21,29H,3,10-15H2/t21-/m0/s1. The quantitative estimate of drug-likeness (QED) is 0.218. The summed E-state index contributed by atoms with van der Waals surface area (Å²) in [5.41, 5.74) is -0.257. The number of hydrogen-bond acceptors (Lipinski definition) is 7. The number of morpholine rings is 1. The predicted molar refractivity (Wildman–Crippen MR) is 120 cm³/mol. The van der Waals surface area contributed by atoms with E-state index in [0.717, 1.165) is 25.2 Å². The number of nitro groups is 1. The zero-order valence-corrected chi connectivity index (χ0v) is 18.4. The van der Waals surface area contributed by atoms with Crippen molar-refractivity contribution in [3.63, 3.8) is 0 Å². The number of carbonyl (C=O) groups is 2. The third-order valence-corrected chi connectivity index (χ3v) is 6.06. The van der Waals surface area contributed by atoms with E-state index in [1.807, 2.05) is 0 Å². The number of aliphatic hydroxyl groups excluding tert-OH is 1. The summed E-state index contributed by atoms with van der Waals surface area (Å²) in [6.45, 7) is 3.59. The lowest BCUT2D eigenvalue weighted by atomic mass is 9.94. The number of ether oxygens (including phenoxy) is 1. The van der Waals surface area contributed by atoms with Gasteiger partial charge in [-0.25, -0.2) is 4.39 Å². The molecule has 34 heavy (non-hydrogen) atoms. The molecule has 0 aromatic heterocycles. The lowest BCUT2D eigenvalue weighted by Gasteiger charge is -2.29. The number of likely N-dealkylation sites (tertiary alicyclic amines) is 1. The molecule has 1 amide bonds. The van der Waals surface area contributed by atoms with Crippen LogP contribution in [0.25, 0.3) is 5.76 Å². The maximum Gasteiger partial charge on any atom is 0.295 e. The third kappa shape index (κ3) is 4.68. The van der Waals surface area contributed by atoms with E-state index in [1.54, 1.807) is 6.07 Å². The zero-order valence-electron chi connectivity index (χ0n) is 18.4. The maximum absolute atomic E-state index is 13.4. The van der Waals surface area contributed by atoms with E-state index in [2.05, 4.69) is 4.90 Å². The van der Waals surface area contributed by atoms with E-state index in [0.29, 0.717) is 26.2 Å². The molecule has 0 aliphatic carbocycles. The Bertz CT molecular complexity index is 1130. The summed E-state index contributed by atoms with van der Waals surface area (Å²) in [5, 5.41) is 22.7. The molecule has 2 aliphatic rings. The molecule has 9 nitrogen and oxygen atoms in total. The van der Waals surface area contributed by atoms with Crippen molar-refractivity contribution in [2.75, 3.05) is 39.4 Å². The monoisotopic (exact) mass is 469 g/mol. The van der Waals surface area contributed by atoms with Crippen LogP contribution in [0.2, 0.25) is 0 Å². The first-order valence-electron chi connectivity index (χ1n) is 11.0. The van der Waals surface area contributed by atoms with Crippen LogP contribution in [0.15, 0.2) is 54.1 Å². The van der Waals surface area contributed by atoms with Crippen LogP contribution in [-0.2, 0) is 14.3 Å². The molecule has 2 fully saturated rings. The summed E-state index contributed by atoms with van der Waals surface area (Å²) < 4.78 is 18.7. The fourth-order valence-corrected chi connectivity index (χ4v) is 4.37. The van der Waals surface area contributed by atoms with Crippen molar-refractivity contribution < 1.29 is 28.7 Å².